The molecule has 0 spiro atoms. The number of aryl methyl sites for hydroxylation is 2. The molecule has 0 saturated carbocycles. The normalized spacial score (nSPS) is 10.7. The summed E-state index contributed by atoms with van der Waals surface area (Å²) in [7, 11) is 0. The van der Waals surface area contributed by atoms with Crippen molar-refractivity contribution in [3.8, 4) is 0 Å². The van der Waals surface area contributed by atoms with Crippen LogP contribution in [0.15, 0.2) is 10.7 Å². The topological polar surface area (TPSA) is 39.4 Å². The first-order chi connectivity index (χ1) is 9.20. The van der Waals surface area contributed by atoms with Gasteiger partial charge >= 0.3 is 5.97 Å². The average Bonchev–Trinajstić information content (AvgIpc) is 2.75. The van der Waals surface area contributed by atoms with Gasteiger partial charge in [-0.3, -0.25) is 0 Å². The van der Waals surface area contributed by atoms with Crippen LogP contribution in [0.25, 0.3) is 0 Å². The van der Waals surface area contributed by atoms with Gasteiger partial charge in [-0.25, -0.2) is 4.79 Å². The van der Waals surface area contributed by atoms with Crippen LogP contribution in [0.3, 0.4) is 0 Å². The second-order valence-corrected chi connectivity index (χ2v) is 4.93. The molecule has 1 aromatic heterocycles. The van der Waals surface area contributed by atoms with Gasteiger partial charge in [0, 0.05) is 5.56 Å². The number of carbonyl (C=O) groups is 1. The van der Waals surface area contributed by atoms with E-state index >= 15 is 0 Å². The number of rotatable bonds is 9. The van der Waals surface area contributed by atoms with E-state index in [4.69, 9.17) is 9.15 Å². The standard InChI is InChI=1S/C16H26O3/c1-4-6-7-8-9-10-11-14-12-19-13(3)15(14)16(17)18-5-2/h12H,4-11H2,1-3H3. The van der Waals surface area contributed by atoms with Gasteiger partial charge in [-0.05, 0) is 26.7 Å². The third kappa shape index (κ3) is 5.09. The summed E-state index contributed by atoms with van der Waals surface area (Å²) in [4.78, 5) is 11.8. The fraction of sp³-hybridized carbons (Fsp3) is 0.688. The highest BCUT2D eigenvalue weighted by Crippen LogP contribution is 2.20. The average molecular weight is 266 g/mol. The van der Waals surface area contributed by atoms with Crippen LogP contribution in [-0.4, -0.2) is 12.6 Å². The lowest BCUT2D eigenvalue weighted by Crippen LogP contribution is -2.07. The zero-order valence-electron chi connectivity index (χ0n) is 12.5. The highest BCUT2D eigenvalue weighted by Gasteiger charge is 2.18. The van der Waals surface area contributed by atoms with Crippen LogP contribution in [0.2, 0.25) is 0 Å². The minimum Gasteiger partial charge on any atom is -0.468 e. The third-order valence-electron chi connectivity index (χ3n) is 3.33. The Morgan fingerprint density at radius 3 is 2.53 bits per heavy atom. The summed E-state index contributed by atoms with van der Waals surface area (Å²) in [5, 5.41) is 0. The van der Waals surface area contributed by atoms with Crippen LogP contribution >= 0.6 is 0 Å². The van der Waals surface area contributed by atoms with Crippen molar-refractivity contribution in [3.63, 3.8) is 0 Å². The summed E-state index contributed by atoms with van der Waals surface area (Å²) >= 11 is 0. The molecule has 1 heterocycles. The van der Waals surface area contributed by atoms with Gasteiger partial charge in [-0.1, -0.05) is 39.0 Å². The van der Waals surface area contributed by atoms with E-state index in [0.29, 0.717) is 17.9 Å². The lowest BCUT2D eigenvalue weighted by atomic mass is 10.0. The SMILES string of the molecule is CCCCCCCCc1coc(C)c1C(=O)OCC. The fourth-order valence-electron chi connectivity index (χ4n) is 2.26. The maximum atomic E-state index is 11.8. The molecule has 0 saturated heterocycles. The molecule has 0 aliphatic rings. The number of hydrogen-bond acceptors (Lipinski definition) is 3. The van der Waals surface area contributed by atoms with Gasteiger partial charge in [0.2, 0.25) is 0 Å². The lowest BCUT2D eigenvalue weighted by molar-refractivity contribution is 0.0523. The molecule has 0 aliphatic carbocycles. The predicted molar refractivity (Wildman–Crippen MR) is 76.5 cm³/mol. The summed E-state index contributed by atoms with van der Waals surface area (Å²) in [6.07, 6.45) is 10.1. The van der Waals surface area contributed by atoms with E-state index in [2.05, 4.69) is 6.92 Å². The van der Waals surface area contributed by atoms with E-state index in [1.807, 2.05) is 13.8 Å². The molecular weight excluding hydrogens is 240 g/mol. The highest BCUT2D eigenvalue weighted by atomic mass is 16.5. The summed E-state index contributed by atoms with van der Waals surface area (Å²) in [5.74, 6) is 0.411. The van der Waals surface area contributed by atoms with Gasteiger partial charge in [0.1, 0.15) is 11.3 Å². The van der Waals surface area contributed by atoms with E-state index in [-0.39, 0.29) is 5.97 Å². The molecule has 0 aromatic carbocycles. The van der Waals surface area contributed by atoms with Crippen LogP contribution in [0.5, 0.6) is 0 Å². The summed E-state index contributed by atoms with van der Waals surface area (Å²) in [5.41, 5.74) is 1.63. The number of hydrogen-bond donors (Lipinski definition) is 0. The smallest absolute Gasteiger partial charge is 0.341 e. The van der Waals surface area contributed by atoms with Crippen molar-refractivity contribution in [1.82, 2.24) is 0 Å². The molecule has 0 radical (unpaired) electrons. The molecule has 0 unspecified atom stereocenters. The quantitative estimate of drug-likeness (QED) is 0.481. The van der Waals surface area contributed by atoms with E-state index in [1.54, 1.807) is 6.26 Å². The Labute approximate surface area is 116 Å². The Kier molecular flexibility index (Phi) is 7.31. The minimum atomic E-state index is -0.255. The maximum absolute atomic E-state index is 11.8. The second-order valence-electron chi connectivity index (χ2n) is 4.93. The number of esters is 1. The van der Waals surface area contributed by atoms with Crippen LogP contribution in [0.1, 0.15) is 74.1 Å². The van der Waals surface area contributed by atoms with Crippen LogP contribution in [-0.2, 0) is 11.2 Å². The van der Waals surface area contributed by atoms with Gasteiger partial charge in [-0.2, -0.15) is 0 Å². The van der Waals surface area contributed by atoms with Gasteiger partial charge < -0.3 is 9.15 Å². The van der Waals surface area contributed by atoms with E-state index in [0.717, 1.165) is 18.4 Å². The van der Waals surface area contributed by atoms with Crippen LogP contribution in [0, 0.1) is 6.92 Å². The van der Waals surface area contributed by atoms with E-state index in [9.17, 15) is 4.79 Å². The fourth-order valence-corrected chi connectivity index (χ4v) is 2.26. The third-order valence-corrected chi connectivity index (χ3v) is 3.33. The monoisotopic (exact) mass is 266 g/mol. The molecule has 0 amide bonds. The molecule has 108 valence electrons. The number of carbonyl (C=O) groups excluding carboxylic acids is 1. The Balaban J connectivity index is 2.43. The molecule has 19 heavy (non-hydrogen) atoms. The Hall–Kier alpha value is -1.25. The Bertz CT molecular complexity index is 379. The number of unbranched alkanes of at least 4 members (excludes halogenated alkanes) is 5. The van der Waals surface area contributed by atoms with E-state index in [1.165, 1.54) is 32.1 Å². The Morgan fingerprint density at radius 1 is 1.16 bits per heavy atom. The maximum Gasteiger partial charge on any atom is 0.341 e. The molecule has 3 heteroatoms. The van der Waals surface area contributed by atoms with Crippen molar-refractivity contribution in [2.24, 2.45) is 0 Å². The lowest BCUT2D eigenvalue weighted by Gasteiger charge is -2.04. The first-order valence-electron chi connectivity index (χ1n) is 7.44. The molecule has 0 bridgehead atoms. The molecule has 0 aliphatic heterocycles. The van der Waals surface area contributed by atoms with Crippen molar-refractivity contribution in [1.29, 1.82) is 0 Å². The molecule has 1 aromatic rings. The van der Waals surface area contributed by atoms with Gasteiger partial charge in [0.25, 0.3) is 0 Å². The first kappa shape index (κ1) is 15.8. The minimum absolute atomic E-state index is 0.255. The summed E-state index contributed by atoms with van der Waals surface area (Å²) in [6, 6.07) is 0. The van der Waals surface area contributed by atoms with Gasteiger partial charge in [0.05, 0.1) is 12.9 Å². The molecule has 0 N–H and O–H groups in total. The Morgan fingerprint density at radius 2 is 1.84 bits per heavy atom. The molecule has 1 rings (SSSR count). The molecule has 0 fully saturated rings. The van der Waals surface area contributed by atoms with Crippen molar-refractivity contribution in [3.05, 3.63) is 23.2 Å². The zero-order chi connectivity index (χ0) is 14.1. The largest absolute Gasteiger partial charge is 0.468 e. The molecular formula is C16H26O3. The van der Waals surface area contributed by atoms with Crippen molar-refractivity contribution in [2.45, 2.75) is 65.7 Å². The van der Waals surface area contributed by atoms with Crippen LogP contribution < -0.4 is 0 Å². The van der Waals surface area contributed by atoms with Crippen molar-refractivity contribution < 1.29 is 13.9 Å². The van der Waals surface area contributed by atoms with Gasteiger partial charge in [-0.15, -0.1) is 0 Å². The first-order valence-corrected chi connectivity index (χ1v) is 7.44. The molecule has 3 nitrogen and oxygen atoms in total. The van der Waals surface area contributed by atoms with E-state index < -0.39 is 0 Å². The van der Waals surface area contributed by atoms with Crippen molar-refractivity contribution in [2.75, 3.05) is 6.61 Å². The molecule has 0 atom stereocenters. The summed E-state index contributed by atoms with van der Waals surface area (Å²) < 4.78 is 10.4. The second kappa shape index (κ2) is 8.78. The van der Waals surface area contributed by atoms with Crippen molar-refractivity contribution >= 4 is 5.97 Å². The van der Waals surface area contributed by atoms with Gasteiger partial charge in [0.15, 0.2) is 0 Å². The highest BCUT2D eigenvalue weighted by molar-refractivity contribution is 5.92. The number of ether oxygens (including phenoxy) is 1. The van der Waals surface area contributed by atoms with Crippen LogP contribution in [0.4, 0.5) is 0 Å². The predicted octanol–water partition coefficient (Wildman–Crippen LogP) is 4.67. The number of furan rings is 1. The summed E-state index contributed by atoms with van der Waals surface area (Å²) in [6.45, 7) is 6.26. The zero-order valence-corrected chi connectivity index (χ0v) is 12.5.